The second-order valence-electron chi connectivity index (χ2n) is 5.43. The molecule has 1 saturated heterocycles. The van der Waals surface area contributed by atoms with Crippen molar-refractivity contribution >= 4 is 5.91 Å². The summed E-state index contributed by atoms with van der Waals surface area (Å²) in [6, 6.07) is -0.453. The molecule has 0 radical (unpaired) electrons. The van der Waals surface area contributed by atoms with E-state index in [0.29, 0.717) is 6.54 Å². The fourth-order valence-corrected chi connectivity index (χ4v) is 2.36. The van der Waals surface area contributed by atoms with Gasteiger partial charge in [0.15, 0.2) is 0 Å². The molecule has 1 rings (SSSR count). The van der Waals surface area contributed by atoms with Crippen molar-refractivity contribution in [1.82, 2.24) is 5.32 Å². The molecule has 0 unspecified atom stereocenters. The molecule has 4 nitrogen and oxygen atoms in total. The van der Waals surface area contributed by atoms with Gasteiger partial charge in [-0.05, 0) is 0 Å². The minimum atomic E-state index is -0.534. The molecule has 4 N–H and O–H groups in total. The molecule has 4 heteroatoms. The maximum Gasteiger partial charge on any atom is 0.235 e. The average molecular weight is 200 g/mol. The van der Waals surface area contributed by atoms with E-state index < -0.39 is 23.5 Å². The van der Waals surface area contributed by atoms with Crippen molar-refractivity contribution in [2.75, 3.05) is 6.54 Å². The van der Waals surface area contributed by atoms with Gasteiger partial charge in [-0.25, -0.2) is 0 Å². The first-order chi connectivity index (χ1) is 6.19. The Bertz CT molecular complexity index is 249. The maximum atomic E-state index is 11.2. The summed E-state index contributed by atoms with van der Waals surface area (Å²) in [4.78, 5) is 11.2. The van der Waals surface area contributed by atoms with Gasteiger partial charge in [-0.3, -0.25) is 4.79 Å². The van der Waals surface area contributed by atoms with Gasteiger partial charge in [-0.15, -0.1) is 0 Å². The number of nitrogens with one attached hydrogen (secondary N) is 1. The largest absolute Gasteiger partial charge is 0.392 e. The highest BCUT2D eigenvalue weighted by Crippen LogP contribution is 2.39. The quantitative estimate of drug-likeness (QED) is 0.551. The van der Waals surface area contributed by atoms with Crippen LogP contribution in [0, 0.1) is 10.8 Å². The number of rotatable bonds is 1. The van der Waals surface area contributed by atoms with Crippen LogP contribution in [0.4, 0.5) is 0 Å². The number of aliphatic hydroxyl groups excluding tert-OH is 1. The summed E-state index contributed by atoms with van der Waals surface area (Å²) in [7, 11) is 0. The first kappa shape index (κ1) is 11.5. The van der Waals surface area contributed by atoms with E-state index in [-0.39, 0.29) is 5.41 Å². The monoisotopic (exact) mass is 200 g/mol. The van der Waals surface area contributed by atoms with Crippen LogP contribution in [0.1, 0.15) is 27.7 Å². The standard InChI is InChI=1S/C10H20N2O2/c1-9(2)5-12-6(7(11)13)10(3,4)8(9)14/h6,8,12,14H,5H2,1-4H3,(H2,11,13)/t6-,8+/m0/s1. The third-order valence-corrected chi connectivity index (χ3v) is 3.24. The molecule has 2 atom stereocenters. The summed E-state index contributed by atoms with van der Waals surface area (Å²) >= 11 is 0. The van der Waals surface area contributed by atoms with Crippen LogP contribution in [0.3, 0.4) is 0 Å². The molecule has 0 aromatic carbocycles. The Morgan fingerprint density at radius 2 is 1.93 bits per heavy atom. The van der Waals surface area contributed by atoms with Crippen molar-refractivity contribution in [3.05, 3.63) is 0 Å². The number of piperidine rings is 1. The molecule has 0 aromatic heterocycles. The summed E-state index contributed by atoms with van der Waals surface area (Å²) in [5, 5.41) is 13.2. The molecule has 0 saturated carbocycles. The van der Waals surface area contributed by atoms with E-state index >= 15 is 0 Å². The first-order valence-electron chi connectivity index (χ1n) is 4.90. The molecule has 0 bridgehead atoms. The predicted octanol–water partition coefficient (Wildman–Crippen LogP) is -0.143. The first-order valence-corrected chi connectivity index (χ1v) is 4.90. The zero-order valence-electron chi connectivity index (χ0n) is 9.29. The van der Waals surface area contributed by atoms with Crippen LogP contribution in [-0.2, 0) is 4.79 Å². The topological polar surface area (TPSA) is 75.3 Å². The minimum absolute atomic E-state index is 0.227. The molecule has 0 aliphatic carbocycles. The Kier molecular flexibility index (Phi) is 2.63. The number of aliphatic hydroxyl groups is 1. The summed E-state index contributed by atoms with van der Waals surface area (Å²) < 4.78 is 0. The van der Waals surface area contributed by atoms with Gasteiger partial charge in [0.25, 0.3) is 0 Å². The van der Waals surface area contributed by atoms with E-state index in [0.717, 1.165) is 0 Å². The lowest BCUT2D eigenvalue weighted by Crippen LogP contribution is -2.66. The number of hydrogen-bond donors (Lipinski definition) is 3. The fourth-order valence-electron chi connectivity index (χ4n) is 2.36. The van der Waals surface area contributed by atoms with E-state index in [1.807, 2.05) is 27.7 Å². The number of amides is 1. The summed E-state index contributed by atoms with van der Waals surface area (Å²) in [6.45, 7) is 8.28. The highest BCUT2D eigenvalue weighted by molar-refractivity contribution is 5.81. The molecule has 0 spiro atoms. The van der Waals surface area contributed by atoms with E-state index in [4.69, 9.17) is 5.73 Å². The summed E-state index contributed by atoms with van der Waals surface area (Å²) in [5.41, 5.74) is 4.53. The van der Waals surface area contributed by atoms with Gasteiger partial charge in [-0.2, -0.15) is 0 Å². The van der Waals surface area contributed by atoms with Crippen LogP contribution >= 0.6 is 0 Å². The Morgan fingerprint density at radius 1 is 1.43 bits per heavy atom. The lowest BCUT2D eigenvalue weighted by atomic mass is 9.65. The molecular formula is C10H20N2O2. The van der Waals surface area contributed by atoms with Gasteiger partial charge < -0.3 is 16.2 Å². The molecule has 0 aromatic rings. The van der Waals surface area contributed by atoms with Crippen molar-refractivity contribution in [1.29, 1.82) is 0 Å². The van der Waals surface area contributed by atoms with Crippen molar-refractivity contribution in [3.8, 4) is 0 Å². The second-order valence-corrected chi connectivity index (χ2v) is 5.43. The van der Waals surface area contributed by atoms with Crippen LogP contribution in [-0.4, -0.2) is 29.7 Å². The average Bonchev–Trinajstić information content (AvgIpc) is 1.99. The van der Waals surface area contributed by atoms with E-state index in [1.165, 1.54) is 0 Å². The Hall–Kier alpha value is -0.610. The fraction of sp³-hybridized carbons (Fsp3) is 0.900. The molecule has 1 aliphatic rings. The number of nitrogens with two attached hydrogens (primary N) is 1. The van der Waals surface area contributed by atoms with Crippen molar-refractivity contribution in [2.24, 2.45) is 16.6 Å². The van der Waals surface area contributed by atoms with Crippen molar-refractivity contribution < 1.29 is 9.90 Å². The van der Waals surface area contributed by atoms with E-state index in [9.17, 15) is 9.90 Å². The maximum absolute atomic E-state index is 11.2. The smallest absolute Gasteiger partial charge is 0.235 e. The number of carbonyl (C=O) groups is 1. The molecule has 1 fully saturated rings. The van der Waals surface area contributed by atoms with Gasteiger partial charge in [0.1, 0.15) is 0 Å². The molecular weight excluding hydrogens is 180 g/mol. The Labute approximate surface area is 84.9 Å². The summed E-state index contributed by atoms with van der Waals surface area (Å²) in [5.74, 6) is -0.399. The van der Waals surface area contributed by atoms with Crippen LogP contribution in [0.2, 0.25) is 0 Å². The molecule has 82 valence electrons. The molecule has 1 heterocycles. The van der Waals surface area contributed by atoms with Crippen LogP contribution in [0.5, 0.6) is 0 Å². The highest BCUT2D eigenvalue weighted by atomic mass is 16.3. The van der Waals surface area contributed by atoms with Gasteiger partial charge in [-0.1, -0.05) is 27.7 Å². The zero-order chi connectivity index (χ0) is 11.1. The predicted molar refractivity (Wildman–Crippen MR) is 54.6 cm³/mol. The zero-order valence-corrected chi connectivity index (χ0v) is 9.29. The molecule has 14 heavy (non-hydrogen) atoms. The highest BCUT2D eigenvalue weighted by Gasteiger charge is 2.50. The van der Waals surface area contributed by atoms with Crippen LogP contribution < -0.4 is 11.1 Å². The SMILES string of the molecule is CC1(C)CN[C@@H](C(N)=O)C(C)(C)[C@@H]1O. The third-order valence-electron chi connectivity index (χ3n) is 3.24. The van der Waals surface area contributed by atoms with Gasteiger partial charge in [0.2, 0.25) is 5.91 Å². The van der Waals surface area contributed by atoms with E-state index in [2.05, 4.69) is 5.32 Å². The van der Waals surface area contributed by atoms with Gasteiger partial charge in [0.05, 0.1) is 12.1 Å². The number of hydrogen-bond acceptors (Lipinski definition) is 3. The lowest BCUT2D eigenvalue weighted by molar-refractivity contribution is -0.135. The number of carbonyl (C=O) groups excluding carboxylic acids is 1. The third kappa shape index (κ3) is 1.64. The molecule has 1 aliphatic heterocycles. The lowest BCUT2D eigenvalue weighted by Gasteiger charge is -2.50. The van der Waals surface area contributed by atoms with Crippen LogP contribution in [0.25, 0.3) is 0 Å². The Morgan fingerprint density at radius 3 is 2.36 bits per heavy atom. The minimum Gasteiger partial charge on any atom is -0.392 e. The van der Waals surface area contributed by atoms with Gasteiger partial charge in [0, 0.05) is 17.4 Å². The molecule has 1 amide bonds. The van der Waals surface area contributed by atoms with Crippen molar-refractivity contribution in [3.63, 3.8) is 0 Å². The Balaban J connectivity index is 2.96. The number of primary amides is 1. The second kappa shape index (κ2) is 3.21. The van der Waals surface area contributed by atoms with Crippen LogP contribution in [0.15, 0.2) is 0 Å². The van der Waals surface area contributed by atoms with Crippen molar-refractivity contribution in [2.45, 2.75) is 39.8 Å². The summed E-state index contributed by atoms with van der Waals surface area (Å²) in [6.07, 6.45) is -0.534. The van der Waals surface area contributed by atoms with E-state index in [1.54, 1.807) is 0 Å². The van der Waals surface area contributed by atoms with Gasteiger partial charge >= 0.3 is 0 Å². The normalized spacial score (nSPS) is 35.2.